The van der Waals surface area contributed by atoms with Gasteiger partial charge in [-0.25, -0.2) is 15.0 Å². The van der Waals surface area contributed by atoms with Crippen LogP contribution in [0.25, 0.3) is 0 Å². The van der Waals surface area contributed by atoms with Crippen LogP contribution in [-0.4, -0.2) is 20.5 Å². The first-order chi connectivity index (χ1) is 9.81. The first-order valence-corrected chi connectivity index (χ1v) is 6.84. The molecule has 1 aliphatic heterocycles. The molecule has 0 saturated carbocycles. The zero-order chi connectivity index (χ0) is 13.8. The van der Waals surface area contributed by atoms with Gasteiger partial charge in [0.15, 0.2) is 5.96 Å². The van der Waals surface area contributed by atoms with Crippen molar-refractivity contribution < 1.29 is 0 Å². The van der Waals surface area contributed by atoms with E-state index in [9.17, 15) is 0 Å². The summed E-state index contributed by atoms with van der Waals surface area (Å²) in [4.78, 5) is 13.0. The summed E-state index contributed by atoms with van der Waals surface area (Å²) < 4.78 is 2.22. The minimum atomic E-state index is 0. The van der Waals surface area contributed by atoms with E-state index in [2.05, 4.69) is 31.0 Å². The molecule has 1 aliphatic rings. The second-order valence-corrected chi connectivity index (χ2v) is 4.84. The van der Waals surface area contributed by atoms with Crippen LogP contribution in [0.4, 0.5) is 5.82 Å². The number of imidazole rings is 1. The van der Waals surface area contributed by atoms with Crippen molar-refractivity contribution in [2.24, 2.45) is 10.7 Å². The van der Waals surface area contributed by atoms with E-state index >= 15 is 0 Å². The molecule has 3 rings (SSSR count). The highest BCUT2D eigenvalue weighted by atomic mass is 127. The summed E-state index contributed by atoms with van der Waals surface area (Å²) in [6.45, 7) is 1.55. The first-order valence-electron chi connectivity index (χ1n) is 6.84. The Morgan fingerprint density at radius 2 is 2.29 bits per heavy atom. The van der Waals surface area contributed by atoms with E-state index < -0.39 is 0 Å². The lowest BCUT2D eigenvalue weighted by Gasteiger charge is -2.11. The van der Waals surface area contributed by atoms with Gasteiger partial charge in [0, 0.05) is 25.4 Å². The third kappa shape index (κ3) is 4.16. The molecular weight excluding hydrogens is 379 g/mol. The molecule has 0 fully saturated rings. The number of anilines is 1. The quantitative estimate of drug-likeness (QED) is 0.472. The maximum Gasteiger partial charge on any atom is 0.194 e. The van der Waals surface area contributed by atoms with E-state index in [1.807, 2.05) is 18.2 Å². The molecule has 0 atom stereocenters. The Morgan fingerprint density at radius 3 is 3.05 bits per heavy atom. The number of nitrogens with one attached hydrogen (secondary N) is 1. The van der Waals surface area contributed by atoms with Gasteiger partial charge in [-0.3, -0.25) is 0 Å². The summed E-state index contributed by atoms with van der Waals surface area (Å²) in [6.07, 6.45) is 7.30. The van der Waals surface area contributed by atoms with Crippen molar-refractivity contribution >= 4 is 35.8 Å². The van der Waals surface area contributed by atoms with Gasteiger partial charge in [0.25, 0.3) is 0 Å². The molecule has 0 unspecified atom stereocenters. The SMILES string of the molecule is I.NC(=NCc1cn2c(n1)CCCC2)Nc1ccccn1. The minimum absolute atomic E-state index is 0. The second kappa shape index (κ2) is 7.39. The lowest BCUT2D eigenvalue weighted by Crippen LogP contribution is -2.23. The summed E-state index contributed by atoms with van der Waals surface area (Å²) in [7, 11) is 0. The zero-order valence-electron chi connectivity index (χ0n) is 11.7. The third-order valence-corrected chi connectivity index (χ3v) is 3.29. The van der Waals surface area contributed by atoms with Crippen LogP contribution < -0.4 is 11.1 Å². The molecular formula is C14H19IN6. The van der Waals surface area contributed by atoms with Gasteiger partial charge >= 0.3 is 0 Å². The highest BCUT2D eigenvalue weighted by Gasteiger charge is 2.11. The normalized spacial score (nSPS) is 14.2. The number of guanidine groups is 1. The van der Waals surface area contributed by atoms with Crippen LogP contribution in [0.2, 0.25) is 0 Å². The maximum absolute atomic E-state index is 5.84. The standard InChI is InChI=1S/C14H18N6.HI/c15-14(19-12-5-1-3-7-16-12)17-9-11-10-20-8-4-2-6-13(20)18-11;/h1,3,5,7,10H,2,4,6,8-9H2,(H3,15,16,17,19);1H. The van der Waals surface area contributed by atoms with Gasteiger partial charge in [0.1, 0.15) is 11.6 Å². The number of aryl methyl sites for hydroxylation is 2. The van der Waals surface area contributed by atoms with Gasteiger partial charge in [0.05, 0.1) is 12.2 Å². The molecule has 0 amide bonds. The summed E-state index contributed by atoms with van der Waals surface area (Å²) >= 11 is 0. The van der Waals surface area contributed by atoms with Crippen LogP contribution >= 0.6 is 24.0 Å². The Morgan fingerprint density at radius 1 is 1.38 bits per heavy atom. The molecule has 6 nitrogen and oxygen atoms in total. The number of fused-ring (bicyclic) bond motifs is 1. The van der Waals surface area contributed by atoms with Gasteiger partial charge < -0.3 is 15.6 Å². The van der Waals surface area contributed by atoms with Crippen molar-refractivity contribution in [2.45, 2.75) is 32.4 Å². The summed E-state index contributed by atoms with van der Waals surface area (Å²) in [5.41, 5.74) is 6.81. The molecule has 0 aromatic carbocycles. The molecule has 0 aliphatic carbocycles. The van der Waals surface area contributed by atoms with Crippen molar-refractivity contribution in [3.63, 3.8) is 0 Å². The van der Waals surface area contributed by atoms with Crippen molar-refractivity contribution in [2.75, 3.05) is 5.32 Å². The number of halogens is 1. The van der Waals surface area contributed by atoms with E-state index in [1.54, 1.807) is 6.20 Å². The fraction of sp³-hybridized carbons (Fsp3) is 0.357. The molecule has 0 spiro atoms. The monoisotopic (exact) mass is 398 g/mol. The first kappa shape index (κ1) is 15.7. The molecule has 0 radical (unpaired) electrons. The van der Waals surface area contributed by atoms with Crippen molar-refractivity contribution in [1.29, 1.82) is 0 Å². The topological polar surface area (TPSA) is 81.1 Å². The highest BCUT2D eigenvalue weighted by Crippen LogP contribution is 2.14. The Kier molecular flexibility index (Phi) is 5.54. The van der Waals surface area contributed by atoms with Crippen molar-refractivity contribution in [3.8, 4) is 0 Å². The van der Waals surface area contributed by atoms with Gasteiger partial charge in [0.2, 0.25) is 0 Å². The Hall–Kier alpha value is -1.64. The molecule has 7 heteroatoms. The highest BCUT2D eigenvalue weighted by molar-refractivity contribution is 14.0. The van der Waals surface area contributed by atoms with Crippen molar-refractivity contribution in [1.82, 2.24) is 14.5 Å². The van der Waals surface area contributed by atoms with E-state index in [0.29, 0.717) is 18.3 Å². The molecule has 3 heterocycles. The number of rotatable bonds is 3. The van der Waals surface area contributed by atoms with Crippen LogP contribution in [-0.2, 0) is 19.5 Å². The second-order valence-electron chi connectivity index (χ2n) is 4.84. The molecule has 3 N–H and O–H groups in total. The molecule has 112 valence electrons. The molecule has 2 aromatic heterocycles. The van der Waals surface area contributed by atoms with E-state index in [1.165, 1.54) is 12.8 Å². The average Bonchev–Trinajstić information content (AvgIpc) is 2.89. The number of nitrogens with two attached hydrogens (primary N) is 1. The molecule has 0 saturated heterocycles. The van der Waals surface area contributed by atoms with Crippen LogP contribution in [0.5, 0.6) is 0 Å². The predicted octanol–water partition coefficient (Wildman–Crippen LogP) is 2.16. The predicted molar refractivity (Wildman–Crippen MR) is 93.8 cm³/mol. The number of pyridine rings is 1. The van der Waals surface area contributed by atoms with Crippen LogP contribution in [0.15, 0.2) is 35.6 Å². The van der Waals surface area contributed by atoms with E-state index in [-0.39, 0.29) is 24.0 Å². The van der Waals surface area contributed by atoms with E-state index in [0.717, 1.165) is 24.5 Å². The van der Waals surface area contributed by atoms with Crippen LogP contribution in [0, 0.1) is 0 Å². The lowest BCUT2D eigenvalue weighted by molar-refractivity contribution is 0.522. The number of hydrogen-bond donors (Lipinski definition) is 2. The van der Waals surface area contributed by atoms with Crippen LogP contribution in [0.3, 0.4) is 0 Å². The van der Waals surface area contributed by atoms with Crippen molar-refractivity contribution in [3.05, 3.63) is 42.1 Å². The fourth-order valence-corrected chi connectivity index (χ4v) is 2.32. The molecule has 0 bridgehead atoms. The number of hydrogen-bond acceptors (Lipinski definition) is 3. The number of aromatic nitrogens is 3. The Labute approximate surface area is 140 Å². The van der Waals surface area contributed by atoms with E-state index in [4.69, 9.17) is 5.73 Å². The lowest BCUT2D eigenvalue weighted by atomic mass is 10.2. The van der Waals surface area contributed by atoms with Gasteiger partial charge in [-0.05, 0) is 25.0 Å². The average molecular weight is 398 g/mol. The minimum Gasteiger partial charge on any atom is -0.370 e. The van der Waals surface area contributed by atoms with Gasteiger partial charge in [-0.2, -0.15) is 0 Å². The van der Waals surface area contributed by atoms with Crippen LogP contribution in [0.1, 0.15) is 24.4 Å². The summed E-state index contributed by atoms with van der Waals surface area (Å²) in [5.74, 6) is 2.21. The number of aliphatic imine (C=N–C) groups is 1. The maximum atomic E-state index is 5.84. The fourth-order valence-electron chi connectivity index (χ4n) is 2.32. The summed E-state index contributed by atoms with van der Waals surface area (Å²) in [6, 6.07) is 5.60. The zero-order valence-corrected chi connectivity index (χ0v) is 14.0. The summed E-state index contributed by atoms with van der Waals surface area (Å²) in [5, 5.41) is 2.96. The Bertz CT molecular complexity index is 584. The molecule has 2 aromatic rings. The van der Waals surface area contributed by atoms with Gasteiger partial charge in [-0.1, -0.05) is 6.07 Å². The largest absolute Gasteiger partial charge is 0.370 e. The Balaban J connectivity index is 0.00000161. The third-order valence-electron chi connectivity index (χ3n) is 3.29. The molecule has 21 heavy (non-hydrogen) atoms. The van der Waals surface area contributed by atoms with Gasteiger partial charge in [-0.15, -0.1) is 24.0 Å². The number of nitrogens with zero attached hydrogens (tertiary/aromatic N) is 4. The smallest absolute Gasteiger partial charge is 0.194 e.